The molecular weight excluding hydrogens is 340 g/mol. The molecule has 0 bridgehead atoms. The molecule has 1 aromatic carbocycles. The van der Waals surface area contributed by atoms with Crippen LogP contribution in [-0.4, -0.2) is 17.4 Å². The Morgan fingerprint density at radius 3 is 2.92 bits per heavy atom. The van der Waals surface area contributed by atoms with Crippen molar-refractivity contribution in [1.29, 1.82) is 0 Å². The van der Waals surface area contributed by atoms with Gasteiger partial charge in [-0.3, -0.25) is 4.79 Å². The summed E-state index contributed by atoms with van der Waals surface area (Å²) in [5.74, 6) is 0.747. The lowest BCUT2D eigenvalue weighted by Gasteiger charge is -2.21. The van der Waals surface area contributed by atoms with Crippen LogP contribution in [0.15, 0.2) is 29.6 Å². The first kappa shape index (κ1) is 17.4. The Hall–Kier alpha value is -1.39. The van der Waals surface area contributed by atoms with Crippen LogP contribution >= 0.6 is 22.9 Å². The van der Waals surface area contributed by atoms with Gasteiger partial charge in [0.1, 0.15) is 0 Å². The lowest BCUT2D eigenvalue weighted by Crippen LogP contribution is -2.31. The topological polar surface area (TPSA) is 42.0 Å². The van der Waals surface area contributed by atoms with Gasteiger partial charge in [-0.25, -0.2) is 4.98 Å². The summed E-state index contributed by atoms with van der Waals surface area (Å²) in [6, 6.07) is 7.82. The number of aromatic nitrogens is 1. The molecule has 1 aliphatic carbocycles. The van der Waals surface area contributed by atoms with E-state index in [1.165, 1.54) is 32.1 Å². The molecule has 1 aromatic heterocycles. The molecule has 24 heavy (non-hydrogen) atoms. The van der Waals surface area contributed by atoms with Gasteiger partial charge in [-0.2, -0.15) is 0 Å². The summed E-state index contributed by atoms with van der Waals surface area (Å²) in [6.45, 7) is 0.818. The number of rotatable bonds is 6. The second kappa shape index (κ2) is 8.63. The number of amides is 1. The maximum Gasteiger partial charge on any atom is 0.226 e. The minimum atomic E-state index is 0.0835. The Bertz CT molecular complexity index is 680. The second-order valence-corrected chi connectivity index (χ2v) is 7.90. The zero-order valence-corrected chi connectivity index (χ0v) is 15.3. The Morgan fingerprint density at radius 1 is 1.29 bits per heavy atom. The zero-order chi connectivity index (χ0) is 16.8. The summed E-state index contributed by atoms with van der Waals surface area (Å²) in [4.78, 5) is 16.7. The number of carbonyl (C=O) groups excluding carboxylic acids is 1. The van der Waals surface area contributed by atoms with Gasteiger partial charge in [0.2, 0.25) is 5.91 Å². The number of halogens is 1. The minimum absolute atomic E-state index is 0.0835. The molecular formula is C19H23ClN2OS. The molecule has 128 valence electrons. The van der Waals surface area contributed by atoms with E-state index in [1.54, 1.807) is 11.3 Å². The summed E-state index contributed by atoms with van der Waals surface area (Å²) in [7, 11) is 0. The number of carbonyl (C=O) groups is 1. The lowest BCUT2D eigenvalue weighted by molar-refractivity contribution is -0.120. The fourth-order valence-corrected chi connectivity index (χ4v) is 4.25. The predicted molar refractivity (Wildman–Crippen MR) is 99.7 cm³/mol. The Balaban J connectivity index is 1.47. The normalized spacial score (nSPS) is 15.4. The molecule has 1 fully saturated rings. The average molecular weight is 363 g/mol. The van der Waals surface area contributed by atoms with Crippen molar-refractivity contribution in [3.63, 3.8) is 0 Å². The van der Waals surface area contributed by atoms with E-state index >= 15 is 0 Å². The van der Waals surface area contributed by atoms with Gasteiger partial charge in [0.25, 0.3) is 0 Å². The van der Waals surface area contributed by atoms with Crippen molar-refractivity contribution < 1.29 is 4.79 Å². The zero-order valence-electron chi connectivity index (χ0n) is 13.8. The van der Waals surface area contributed by atoms with E-state index in [2.05, 4.69) is 10.3 Å². The van der Waals surface area contributed by atoms with Crippen LogP contribution in [0.2, 0.25) is 5.02 Å². The molecule has 5 heteroatoms. The van der Waals surface area contributed by atoms with Gasteiger partial charge in [0.05, 0.1) is 17.1 Å². The number of nitrogens with zero attached hydrogens (tertiary/aromatic N) is 1. The van der Waals surface area contributed by atoms with Crippen LogP contribution in [0.25, 0.3) is 0 Å². The first-order valence-electron chi connectivity index (χ1n) is 8.63. The van der Waals surface area contributed by atoms with Crippen molar-refractivity contribution in [1.82, 2.24) is 10.3 Å². The third kappa shape index (κ3) is 5.32. The second-order valence-electron chi connectivity index (χ2n) is 6.52. The smallest absolute Gasteiger partial charge is 0.226 e. The molecule has 0 unspecified atom stereocenters. The highest BCUT2D eigenvalue weighted by molar-refractivity contribution is 7.09. The Morgan fingerprint density at radius 2 is 2.12 bits per heavy atom. The van der Waals surface area contributed by atoms with Crippen LogP contribution in [0, 0.1) is 5.92 Å². The first-order valence-corrected chi connectivity index (χ1v) is 9.89. The predicted octanol–water partition coefficient (Wildman–Crippen LogP) is 4.63. The minimum Gasteiger partial charge on any atom is -0.355 e. The molecule has 0 spiro atoms. The van der Waals surface area contributed by atoms with Gasteiger partial charge < -0.3 is 5.32 Å². The maximum absolute atomic E-state index is 12.1. The number of benzene rings is 1. The molecule has 3 nitrogen and oxygen atoms in total. The van der Waals surface area contributed by atoms with Crippen molar-refractivity contribution in [2.45, 2.75) is 44.9 Å². The van der Waals surface area contributed by atoms with Crippen LogP contribution in [0.5, 0.6) is 0 Å². The number of nitrogens with one attached hydrogen (secondary N) is 1. The van der Waals surface area contributed by atoms with Crippen LogP contribution < -0.4 is 5.32 Å². The maximum atomic E-state index is 12.1. The molecule has 1 heterocycles. The van der Waals surface area contributed by atoms with E-state index < -0.39 is 0 Å². The van der Waals surface area contributed by atoms with E-state index in [0.29, 0.717) is 12.3 Å². The van der Waals surface area contributed by atoms with Crippen molar-refractivity contribution >= 4 is 28.8 Å². The van der Waals surface area contributed by atoms with E-state index in [0.717, 1.165) is 34.3 Å². The Kier molecular flexibility index (Phi) is 6.27. The third-order valence-corrected chi connectivity index (χ3v) is 5.63. The summed E-state index contributed by atoms with van der Waals surface area (Å²) in [6.07, 6.45) is 7.59. The molecule has 1 saturated carbocycles. The number of thiazole rings is 1. The standard InChI is InChI=1S/C19H23ClN2OS/c20-16-8-4-7-15(9-16)10-19-22-17(13-24-19)11-18(23)21-12-14-5-2-1-3-6-14/h4,7-9,13-14H,1-3,5-6,10-12H2,(H,21,23). The van der Waals surface area contributed by atoms with Gasteiger partial charge in [0, 0.05) is 23.4 Å². The highest BCUT2D eigenvalue weighted by Gasteiger charge is 2.15. The first-order chi connectivity index (χ1) is 11.7. The molecule has 1 aliphatic rings. The van der Waals surface area contributed by atoms with Gasteiger partial charge in [-0.1, -0.05) is 43.0 Å². The van der Waals surface area contributed by atoms with E-state index in [-0.39, 0.29) is 5.91 Å². The van der Waals surface area contributed by atoms with Crippen LogP contribution in [0.4, 0.5) is 0 Å². The van der Waals surface area contributed by atoms with Gasteiger partial charge >= 0.3 is 0 Å². The lowest BCUT2D eigenvalue weighted by atomic mass is 9.89. The molecule has 0 aliphatic heterocycles. The fourth-order valence-electron chi connectivity index (χ4n) is 3.21. The molecule has 1 amide bonds. The Labute approximate surface area is 152 Å². The third-order valence-electron chi connectivity index (χ3n) is 4.50. The summed E-state index contributed by atoms with van der Waals surface area (Å²) in [5, 5.41) is 6.82. The van der Waals surface area contributed by atoms with Crippen molar-refractivity contribution in [3.8, 4) is 0 Å². The summed E-state index contributed by atoms with van der Waals surface area (Å²) >= 11 is 7.62. The van der Waals surface area contributed by atoms with Crippen molar-refractivity contribution in [3.05, 3.63) is 50.9 Å². The van der Waals surface area contributed by atoms with Gasteiger partial charge in [-0.05, 0) is 36.5 Å². The molecule has 0 saturated heterocycles. The molecule has 3 rings (SSSR count). The molecule has 0 atom stereocenters. The summed E-state index contributed by atoms with van der Waals surface area (Å²) in [5.41, 5.74) is 2.00. The fraction of sp³-hybridized carbons (Fsp3) is 0.474. The number of hydrogen-bond donors (Lipinski definition) is 1. The van der Waals surface area contributed by atoms with Crippen LogP contribution in [0.3, 0.4) is 0 Å². The number of hydrogen-bond acceptors (Lipinski definition) is 3. The SMILES string of the molecule is O=C(Cc1csc(Cc2cccc(Cl)c2)n1)NCC1CCCCC1. The van der Waals surface area contributed by atoms with Crippen molar-refractivity contribution in [2.24, 2.45) is 5.92 Å². The van der Waals surface area contributed by atoms with Crippen LogP contribution in [0.1, 0.15) is 48.4 Å². The van der Waals surface area contributed by atoms with Gasteiger partial charge in [-0.15, -0.1) is 11.3 Å². The molecule has 1 N–H and O–H groups in total. The van der Waals surface area contributed by atoms with E-state index in [9.17, 15) is 4.79 Å². The van der Waals surface area contributed by atoms with Crippen LogP contribution in [-0.2, 0) is 17.6 Å². The highest BCUT2D eigenvalue weighted by Crippen LogP contribution is 2.23. The van der Waals surface area contributed by atoms with E-state index in [1.807, 2.05) is 29.6 Å². The summed E-state index contributed by atoms with van der Waals surface area (Å²) < 4.78 is 0. The van der Waals surface area contributed by atoms with E-state index in [4.69, 9.17) is 11.6 Å². The monoisotopic (exact) mass is 362 g/mol. The molecule has 0 radical (unpaired) electrons. The quantitative estimate of drug-likeness (QED) is 0.814. The highest BCUT2D eigenvalue weighted by atomic mass is 35.5. The molecule has 2 aromatic rings. The van der Waals surface area contributed by atoms with Crippen molar-refractivity contribution in [2.75, 3.05) is 6.54 Å². The van der Waals surface area contributed by atoms with Gasteiger partial charge in [0.15, 0.2) is 0 Å². The average Bonchev–Trinajstić information content (AvgIpc) is 3.01. The largest absolute Gasteiger partial charge is 0.355 e.